The maximum Gasteiger partial charge on any atom is 0.0465 e. The summed E-state index contributed by atoms with van der Waals surface area (Å²) in [6, 6.07) is 43.2. The van der Waals surface area contributed by atoms with Gasteiger partial charge in [-0.2, -0.15) is 0 Å². The topological polar surface area (TPSA) is 19.0 Å². The first-order valence-corrected chi connectivity index (χ1v) is 11.3. The Labute approximate surface area is 193 Å². The Balaban J connectivity index is 1.41. The average molecular weight is 425 g/mol. The second-order valence-electron chi connectivity index (χ2n) is 8.48. The number of rotatable bonds is 4. The molecule has 0 atom stereocenters. The van der Waals surface area contributed by atoms with Crippen molar-refractivity contribution in [2.75, 3.05) is 4.90 Å². The maximum absolute atomic E-state index is 3.51. The van der Waals surface area contributed by atoms with Crippen LogP contribution in [0, 0.1) is 6.92 Å². The van der Waals surface area contributed by atoms with Crippen molar-refractivity contribution in [2.45, 2.75) is 6.92 Å². The number of anilines is 3. The van der Waals surface area contributed by atoms with Crippen molar-refractivity contribution in [3.05, 3.63) is 127 Å². The summed E-state index contributed by atoms with van der Waals surface area (Å²) in [7, 11) is 0. The van der Waals surface area contributed by atoms with Crippen molar-refractivity contribution in [2.24, 2.45) is 0 Å². The minimum atomic E-state index is 1.14. The lowest BCUT2D eigenvalue weighted by Gasteiger charge is -2.25. The first-order valence-electron chi connectivity index (χ1n) is 11.3. The molecule has 1 aromatic heterocycles. The van der Waals surface area contributed by atoms with E-state index in [2.05, 4.69) is 138 Å². The zero-order valence-corrected chi connectivity index (χ0v) is 18.5. The third kappa shape index (κ3) is 3.56. The molecule has 2 heteroatoms. The molecule has 0 saturated carbocycles. The van der Waals surface area contributed by atoms with Crippen molar-refractivity contribution >= 4 is 38.9 Å². The van der Waals surface area contributed by atoms with E-state index < -0.39 is 0 Å². The number of hydrogen-bond donors (Lipinski definition) is 1. The third-order valence-corrected chi connectivity index (χ3v) is 6.27. The van der Waals surface area contributed by atoms with Gasteiger partial charge in [-0.05, 0) is 72.6 Å². The summed E-state index contributed by atoms with van der Waals surface area (Å²) in [5.41, 5.74) is 9.48. The summed E-state index contributed by atoms with van der Waals surface area (Å²) in [5, 5.41) is 2.53. The van der Waals surface area contributed by atoms with E-state index in [0.29, 0.717) is 0 Å². The minimum absolute atomic E-state index is 1.14. The fourth-order valence-corrected chi connectivity index (χ4v) is 4.55. The molecule has 0 fully saturated rings. The van der Waals surface area contributed by atoms with Crippen LogP contribution in [0.4, 0.5) is 17.1 Å². The van der Waals surface area contributed by atoms with Crippen molar-refractivity contribution in [3.63, 3.8) is 0 Å². The summed E-state index contributed by atoms with van der Waals surface area (Å²) in [6.07, 6.45) is 0. The second kappa shape index (κ2) is 7.99. The Kier molecular flexibility index (Phi) is 4.70. The molecule has 158 valence electrons. The molecule has 33 heavy (non-hydrogen) atoms. The third-order valence-electron chi connectivity index (χ3n) is 6.27. The smallest absolute Gasteiger partial charge is 0.0465 e. The number of aryl methyl sites for hydroxylation is 1. The number of nitrogens with zero attached hydrogens (tertiary/aromatic N) is 1. The van der Waals surface area contributed by atoms with Crippen LogP contribution in [0.2, 0.25) is 0 Å². The molecule has 5 aromatic carbocycles. The largest absolute Gasteiger partial charge is 0.355 e. The first kappa shape index (κ1) is 19.4. The highest BCUT2D eigenvalue weighted by atomic mass is 15.1. The molecular formula is C31H24N2. The summed E-state index contributed by atoms with van der Waals surface area (Å²) in [5.74, 6) is 0. The molecule has 0 aliphatic carbocycles. The molecule has 1 heterocycles. The van der Waals surface area contributed by atoms with Gasteiger partial charge in [0.1, 0.15) is 0 Å². The van der Waals surface area contributed by atoms with E-state index in [1.165, 1.54) is 38.5 Å². The Bertz CT molecular complexity index is 1540. The van der Waals surface area contributed by atoms with E-state index in [0.717, 1.165) is 17.1 Å². The van der Waals surface area contributed by atoms with Gasteiger partial charge >= 0.3 is 0 Å². The number of H-pyrrole nitrogens is 1. The Morgan fingerprint density at radius 3 is 1.82 bits per heavy atom. The molecule has 6 aromatic rings. The van der Waals surface area contributed by atoms with Gasteiger partial charge in [-0.25, -0.2) is 0 Å². The van der Waals surface area contributed by atoms with Crippen molar-refractivity contribution in [1.82, 2.24) is 4.98 Å². The van der Waals surface area contributed by atoms with E-state index in [-0.39, 0.29) is 0 Å². The van der Waals surface area contributed by atoms with Gasteiger partial charge in [-0.1, -0.05) is 72.3 Å². The van der Waals surface area contributed by atoms with Crippen molar-refractivity contribution in [3.8, 4) is 11.1 Å². The van der Waals surface area contributed by atoms with E-state index in [1.807, 2.05) is 0 Å². The highest BCUT2D eigenvalue weighted by Gasteiger charge is 2.12. The van der Waals surface area contributed by atoms with Crippen LogP contribution in [0.1, 0.15) is 5.56 Å². The molecule has 0 spiro atoms. The van der Waals surface area contributed by atoms with Gasteiger partial charge in [-0.15, -0.1) is 0 Å². The van der Waals surface area contributed by atoms with Gasteiger partial charge in [0.15, 0.2) is 0 Å². The number of nitrogens with one attached hydrogen (secondary N) is 1. The minimum Gasteiger partial charge on any atom is -0.355 e. The summed E-state index contributed by atoms with van der Waals surface area (Å²) < 4.78 is 0. The molecule has 0 saturated heterocycles. The fourth-order valence-electron chi connectivity index (χ4n) is 4.55. The lowest BCUT2D eigenvalue weighted by atomic mass is 10.0. The SMILES string of the molecule is Cc1ccc(N(c2ccccc2)c2ccc(-c3ccc4[nH]c5ccccc5c4c3)cc2)cc1. The second-order valence-corrected chi connectivity index (χ2v) is 8.48. The Hall–Kier alpha value is -4.30. The number of hydrogen-bond acceptors (Lipinski definition) is 1. The standard InChI is InChI=1S/C31H24N2/c1-22-11-16-26(17-12-22)33(25-7-3-2-4-8-25)27-18-13-23(14-19-27)24-15-20-31-29(21-24)28-9-5-6-10-30(28)32-31/h2-21,32H,1H3. The molecule has 0 aliphatic heterocycles. The molecule has 0 radical (unpaired) electrons. The summed E-state index contributed by atoms with van der Waals surface area (Å²) >= 11 is 0. The van der Waals surface area contributed by atoms with Crippen molar-refractivity contribution < 1.29 is 0 Å². The monoisotopic (exact) mass is 424 g/mol. The normalized spacial score (nSPS) is 11.2. The maximum atomic E-state index is 3.51. The van der Waals surface area contributed by atoms with Gasteiger partial charge < -0.3 is 9.88 Å². The molecule has 0 unspecified atom stereocenters. The first-order chi connectivity index (χ1) is 16.3. The van der Waals surface area contributed by atoms with E-state index in [9.17, 15) is 0 Å². The van der Waals surface area contributed by atoms with E-state index in [1.54, 1.807) is 0 Å². The Morgan fingerprint density at radius 2 is 1.06 bits per heavy atom. The molecule has 0 aliphatic rings. The average Bonchev–Trinajstić information content (AvgIpc) is 3.24. The highest BCUT2D eigenvalue weighted by Crippen LogP contribution is 2.36. The number of fused-ring (bicyclic) bond motifs is 3. The zero-order chi connectivity index (χ0) is 22.2. The van der Waals surface area contributed by atoms with Crippen LogP contribution < -0.4 is 4.90 Å². The van der Waals surface area contributed by atoms with E-state index in [4.69, 9.17) is 0 Å². The lowest BCUT2D eigenvalue weighted by molar-refractivity contribution is 1.27. The number of aromatic nitrogens is 1. The fraction of sp³-hybridized carbons (Fsp3) is 0.0323. The van der Waals surface area contributed by atoms with Gasteiger partial charge in [-0.3, -0.25) is 0 Å². The van der Waals surface area contributed by atoms with Crippen LogP contribution in [-0.2, 0) is 0 Å². The zero-order valence-electron chi connectivity index (χ0n) is 18.5. The van der Waals surface area contributed by atoms with Crippen LogP contribution >= 0.6 is 0 Å². The molecule has 2 nitrogen and oxygen atoms in total. The van der Waals surface area contributed by atoms with Crippen LogP contribution in [0.5, 0.6) is 0 Å². The number of benzene rings is 5. The predicted octanol–water partition coefficient (Wildman–Crippen LogP) is 8.77. The summed E-state index contributed by atoms with van der Waals surface area (Å²) in [6.45, 7) is 2.12. The van der Waals surface area contributed by atoms with Crippen LogP contribution in [-0.4, -0.2) is 4.98 Å². The molecule has 0 bridgehead atoms. The molecular weight excluding hydrogens is 400 g/mol. The van der Waals surface area contributed by atoms with Gasteiger partial charge in [0, 0.05) is 38.9 Å². The van der Waals surface area contributed by atoms with Crippen molar-refractivity contribution in [1.29, 1.82) is 0 Å². The summed E-state index contributed by atoms with van der Waals surface area (Å²) in [4.78, 5) is 5.81. The molecule has 0 amide bonds. The highest BCUT2D eigenvalue weighted by molar-refractivity contribution is 6.08. The van der Waals surface area contributed by atoms with Crippen LogP contribution in [0.3, 0.4) is 0 Å². The molecule has 1 N–H and O–H groups in total. The molecule has 6 rings (SSSR count). The van der Waals surface area contributed by atoms with Crippen LogP contribution in [0.25, 0.3) is 32.9 Å². The van der Waals surface area contributed by atoms with Gasteiger partial charge in [0.25, 0.3) is 0 Å². The van der Waals surface area contributed by atoms with Crippen LogP contribution in [0.15, 0.2) is 121 Å². The van der Waals surface area contributed by atoms with Gasteiger partial charge in [0.05, 0.1) is 0 Å². The number of aromatic amines is 1. The van der Waals surface area contributed by atoms with E-state index >= 15 is 0 Å². The quantitative estimate of drug-likeness (QED) is 0.300. The predicted molar refractivity (Wildman–Crippen MR) is 141 cm³/mol. The van der Waals surface area contributed by atoms with Gasteiger partial charge in [0.2, 0.25) is 0 Å². The lowest BCUT2D eigenvalue weighted by Crippen LogP contribution is -2.09. The number of para-hydroxylation sites is 2. The Morgan fingerprint density at radius 1 is 0.485 bits per heavy atom.